The lowest BCUT2D eigenvalue weighted by molar-refractivity contribution is 0.0203. The summed E-state index contributed by atoms with van der Waals surface area (Å²) in [6.07, 6.45) is 8.81. The van der Waals surface area contributed by atoms with Crippen LogP contribution >= 0.6 is 56.9 Å². The number of thiophene rings is 2. The Bertz CT molecular complexity index is 3220. The minimum atomic E-state index is -0.545. The van der Waals surface area contributed by atoms with Crippen LogP contribution in [0.2, 0.25) is 5.02 Å². The third-order valence-electron chi connectivity index (χ3n) is 11.1. The third-order valence-corrected chi connectivity index (χ3v) is 15.2. The summed E-state index contributed by atoms with van der Waals surface area (Å²) in [5.41, 5.74) is 12.7. The number of aromatic nitrogens is 4. The Kier molecular flexibility index (Phi) is 14.6. The number of nitrogen functional groups attached to an aromatic ring is 1. The molecule has 69 heavy (non-hydrogen) atoms. The second-order valence-corrected chi connectivity index (χ2v) is 22.6. The molecule has 0 radical (unpaired) electrons. The first-order valence-electron chi connectivity index (χ1n) is 22.1. The van der Waals surface area contributed by atoms with Gasteiger partial charge in [-0.05, 0) is 128 Å². The number of hydrogen-bond donors (Lipinski definition) is 2. The van der Waals surface area contributed by atoms with Crippen molar-refractivity contribution < 1.29 is 27.8 Å². The highest BCUT2D eigenvalue weighted by Gasteiger charge is 2.33. The predicted molar refractivity (Wildman–Crippen MR) is 281 cm³/mol. The number of thiazole rings is 2. The van der Waals surface area contributed by atoms with Gasteiger partial charge in [0, 0.05) is 46.0 Å². The van der Waals surface area contributed by atoms with Crippen LogP contribution in [0.3, 0.4) is 0 Å². The summed E-state index contributed by atoms with van der Waals surface area (Å²) in [7, 11) is 0. The molecule has 0 bridgehead atoms. The molecule has 2 aliphatic heterocycles. The number of fused-ring (bicyclic) bond motifs is 4. The zero-order valence-electron chi connectivity index (χ0n) is 39.2. The molecule has 0 saturated carbocycles. The largest absolute Gasteiger partial charge is 0.444 e. The van der Waals surface area contributed by atoms with Crippen molar-refractivity contribution in [2.45, 2.75) is 91.5 Å². The molecule has 8 aromatic rings. The maximum absolute atomic E-state index is 14.7. The number of nitrogens with one attached hydrogen (secondary N) is 1. The molecule has 6 aromatic heterocycles. The highest BCUT2D eigenvalue weighted by molar-refractivity contribution is 7.20. The molecule has 2 aliphatic rings. The Morgan fingerprint density at radius 2 is 1.19 bits per heavy atom. The monoisotopic (exact) mass is 1030 g/mol. The van der Waals surface area contributed by atoms with Crippen LogP contribution in [0.15, 0.2) is 84.1 Å². The van der Waals surface area contributed by atoms with Crippen molar-refractivity contribution in [3.05, 3.63) is 111 Å². The van der Waals surface area contributed by atoms with Gasteiger partial charge in [0.1, 0.15) is 32.5 Å². The number of nitrogens with two attached hydrogens (primary N) is 1. The van der Waals surface area contributed by atoms with Gasteiger partial charge in [-0.3, -0.25) is 0 Å². The van der Waals surface area contributed by atoms with E-state index in [1.165, 1.54) is 34.8 Å². The average molecular weight is 1030 g/mol. The standard InChI is InChI=1S/C25H25FN4O2S2.C18H21ClN2O2S.C7H5FN2S/c1-14-15(6-5-9-30(14)24(31)32-25(2,3)4)21-10-16-18(7-8-27-23(16)34-21)29-19-12-20-22(11-17(19)26)33-13-28-20;1-11-12(6-5-9-21(11)17(22)23-18(2,3)4)15-10-13-14(19)7-8-20-16(13)24-15;8-4-1-7-6(2-5(4)9)10-3-11-7/h6-8,10-14H,5,9H2,1-4H3,(H,27,29);6-8,10-11H,5,9H2,1-4H3;1-3H,9H2. The molecule has 360 valence electrons. The molecule has 0 aliphatic carbocycles. The third kappa shape index (κ3) is 11.5. The maximum atomic E-state index is 14.7. The molecule has 2 unspecified atom stereocenters. The Morgan fingerprint density at radius 3 is 1.72 bits per heavy atom. The summed E-state index contributed by atoms with van der Waals surface area (Å²) < 4.78 is 40.3. The number of anilines is 3. The van der Waals surface area contributed by atoms with Crippen molar-refractivity contribution >= 4 is 138 Å². The molecule has 3 N–H and O–H groups in total. The van der Waals surface area contributed by atoms with Gasteiger partial charge in [0.25, 0.3) is 0 Å². The summed E-state index contributed by atoms with van der Waals surface area (Å²) in [4.78, 5) is 49.9. The maximum Gasteiger partial charge on any atom is 0.410 e. The van der Waals surface area contributed by atoms with Crippen LogP contribution in [-0.2, 0) is 9.47 Å². The van der Waals surface area contributed by atoms with Crippen LogP contribution in [-0.4, -0.2) is 78.3 Å². The molecule has 8 heterocycles. The van der Waals surface area contributed by atoms with Crippen LogP contribution in [0.4, 0.5) is 35.4 Å². The lowest BCUT2D eigenvalue weighted by Crippen LogP contribution is -2.44. The van der Waals surface area contributed by atoms with Crippen molar-refractivity contribution in [3.8, 4) is 0 Å². The smallest absolute Gasteiger partial charge is 0.410 e. The molecule has 10 rings (SSSR count). The number of amides is 2. The van der Waals surface area contributed by atoms with E-state index in [9.17, 15) is 18.4 Å². The van der Waals surface area contributed by atoms with Crippen LogP contribution in [0.1, 0.15) is 78.0 Å². The molecule has 0 spiro atoms. The van der Waals surface area contributed by atoms with Gasteiger partial charge < -0.3 is 30.3 Å². The highest BCUT2D eigenvalue weighted by atomic mass is 35.5. The van der Waals surface area contributed by atoms with E-state index in [1.807, 2.05) is 61.5 Å². The summed E-state index contributed by atoms with van der Waals surface area (Å²) in [6.45, 7) is 16.6. The number of benzene rings is 2. The van der Waals surface area contributed by atoms with Crippen LogP contribution < -0.4 is 11.1 Å². The first-order valence-corrected chi connectivity index (χ1v) is 25.9. The van der Waals surface area contributed by atoms with E-state index in [4.69, 9.17) is 26.8 Å². The van der Waals surface area contributed by atoms with Gasteiger partial charge >= 0.3 is 12.2 Å². The quantitative estimate of drug-likeness (QED) is 0.163. The Morgan fingerprint density at radius 1 is 0.696 bits per heavy atom. The van der Waals surface area contributed by atoms with Crippen molar-refractivity contribution in [3.63, 3.8) is 0 Å². The molecular formula is C50H51ClF2N8O4S4. The van der Waals surface area contributed by atoms with E-state index in [0.29, 0.717) is 23.8 Å². The number of pyridine rings is 2. The van der Waals surface area contributed by atoms with Crippen molar-refractivity contribution in [1.29, 1.82) is 0 Å². The van der Waals surface area contributed by atoms with Gasteiger partial charge in [0.2, 0.25) is 0 Å². The van der Waals surface area contributed by atoms with Crippen LogP contribution in [0.25, 0.3) is 52.0 Å². The molecular weight excluding hydrogens is 978 g/mol. The molecule has 19 heteroatoms. The second-order valence-electron chi connectivity index (χ2n) is 18.4. The lowest BCUT2D eigenvalue weighted by Gasteiger charge is -2.35. The Hall–Kier alpha value is -5.79. The Balaban J connectivity index is 0.000000158. The van der Waals surface area contributed by atoms with Gasteiger partial charge in [0.05, 0.1) is 65.6 Å². The minimum Gasteiger partial charge on any atom is -0.444 e. The first-order chi connectivity index (χ1) is 32.7. The summed E-state index contributed by atoms with van der Waals surface area (Å²) >= 11 is 12.2. The number of rotatable bonds is 4. The molecule has 12 nitrogen and oxygen atoms in total. The normalized spacial score (nSPS) is 16.4. The molecule has 2 amide bonds. The van der Waals surface area contributed by atoms with Gasteiger partial charge in [0.15, 0.2) is 0 Å². The zero-order valence-corrected chi connectivity index (χ0v) is 43.2. The summed E-state index contributed by atoms with van der Waals surface area (Å²) in [5, 5.41) is 5.80. The van der Waals surface area contributed by atoms with E-state index < -0.39 is 11.2 Å². The van der Waals surface area contributed by atoms with E-state index in [-0.39, 0.29) is 41.6 Å². The van der Waals surface area contributed by atoms with Gasteiger partial charge in [-0.1, -0.05) is 23.8 Å². The van der Waals surface area contributed by atoms with E-state index in [1.54, 1.807) is 74.1 Å². The summed E-state index contributed by atoms with van der Waals surface area (Å²) in [5.74, 6) is -0.699. The number of halogens is 3. The van der Waals surface area contributed by atoms with Crippen molar-refractivity contribution in [1.82, 2.24) is 29.7 Å². The Labute approximate surface area is 419 Å². The SMILES string of the molecule is CC1C(c2cc3c(Cl)ccnc3s2)=CCCN1C(=O)OC(C)(C)C.CC1C(c2cc3c(Nc4cc5ncsc5cc4F)ccnc3s2)=CCCN1C(=O)OC(C)(C)C.Nc1cc2ncsc2cc1F. The van der Waals surface area contributed by atoms with Crippen molar-refractivity contribution in [2.24, 2.45) is 0 Å². The number of ether oxygens (including phenoxy) is 2. The molecule has 2 aromatic carbocycles. The van der Waals surface area contributed by atoms with Crippen LogP contribution in [0.5, 0.6) is 0 Å². The fraction of sp³-hybridized carbons (Fsp3) is 0.320. The number of nitrogens with zero attached hydrogens (tertiary/aromatic N) is 6. The van der Waals surface area contributed by atoms with Crippen molar-refractivity contribution in [2.75, 3.05) is 24.1 Å². The lowest BCUT2D eigenvalue weighted by atomic mass is 10.00. The number of hydrogen-bond acceptors (Lipinski definition) is 14. The van der Waals surface area contributed by atoms with Gasteiger partial charge in [-0.2, -0.15) is 0 Å². The molecule has 0 fully saturated rings. The van der Waals surface area contributed by atoms with E-state index in [2.05, 4.69) is 49.5 Å². The second kappa shape index (κ2) is 20.3. The minimum absolute atomic E-state index is 0.0413. The fourth-order valence-electron chi connectivity index (χ4n) is 7.79. The van der Waals surface area contributed by atoms with Gasteiger partial charge in [-0.15, -0.1) is 45.3 Å². The van der Waals surface area contributed by atoms with E-state index >= 15 is 0 Å². The van der Waals surface area contributed by atoms with E-state index in [0.717, 1.165) is 80.3 Å². The van der Waals surface area contributed by atoms with Gasteiger partial charge in [-0.25, -0.2) is 38.3 Å². The zero-order chi connectivity index (χ0) is 49.4. The topological polar surface area (TPSA) is 149 Å². The first kappa shape index (κ1) is 49.6. The predicted octanol–water partition coefficient (Wildman–Crippen LogP) is 14.6. The average Bonchev–Trinajstić information content (AvgIpc) is 4.11. The number of carbonyl (C=O) groups excluding carboxylic acids is 2. The summed E-state index contributed by atoms with van der Waals surface area (Å²) in [6, 6.07) is 13.8. The van der Waals surface area contributed by atoms with Crippen LogP contribution in [0, 0.1) is 11.6 Å². The molecule has 2 atom stereocenters. The number of carbonyl (C=O) groups is 2. The highest BCUT2D eigenvalue weighted by Crippen LogP contribution is 2.40. The fourth-order valence-corrected chi connectivity index (χ4v) is 11.7. The molecule has 0 saturated heterocycles.